The van der Waals surface area contributed by atoms with Gasteiger partial charge in [-0.2, -0.15) is 0 Å². The van der Waals surface area contributed by atoms with Gasteiger partial charge in [0.25, 0.3) is 0 Å². The van der Waals surface area contributed by atoms with Crippen LogP contribution in [0, 0.1) is 5.41 Å². The molecule has 0 aromatic rings. The molecule has 0 nitrogen and oxygen atoms in total. The van der Waals surface area contributed by atoms with Crippen LogP contribution in [0.3, 0.4) is 0 Å². The second-order valence-corrected chi connectivity index (χ2v) is 4.75. The molecule has 0 unspecified atom stereocenters. The Balaban J connectivity index is 2.59. The van der Waals surface area contributed by atoms with Crippen LogP contribution in [0.5, 0.6) is 0 Å². The highest BCUT2D eigenvalue weighted by molar-refractivity contribution is 4.92. The molecule has 0 heteroatoms. The van der Waals surface area contributed by atoms with E-state index in [0.717, 1.165) is 0 Å². The number of rotatable bonds is 4. The third-order valence-electron chi connectivity index (χ3n) is 3.57. The minimum Gasteiger partial charge on any atom is -0.103 e. The molecule has 0 saturated heterocycles. The first-order valence-corrected chi connectivity index (χ1v) is 6.05. The van der Waals surface area contributed by atoms with Crippen LogP contribution < -0.4 is 0 Å². The summed E-state index contributed by atoms with van der Waals surface area (Å²) in [5.74, 6) is 0. The fourth-order valence-electron chi connectivity index (χ4n) is 2.76. The zero-order valence-electron chi connectivity index (χ0n) is 9.43. The minimum absolute atomic E-state index is 0.518. The third-order valence-corrected chi connectivity index (χ3v) is 3.57. The van der Waals surface area contributed by atoms with Crippen molar-refractivity contribution in [2.24, 2.45) is 5.41 Å². The smallest absolute Gasteiger partial charge is 0.0229 e. The zero-order valence-corrected chi connectivity index (χ0v) is 9.43. The lowest BCUT2D eigenvalue weighted by Crippen LogP contribution is -2.20. The maximum absolute atomic E-state index is 3.90. The summed E-state index contributed by atoms with van der Waals surface area (Å²) in [4.78, 5) is 0. The number of hydrogen-bond acceptors (Lipinski definition) is 0. The van der Waals surface area contributed by atoms with Gasteiger partial charge < -0.3 is 0 Å². The summed E-state index contributed by atoms with van der Waals surface area (Å²) in [6.07, 6.45) is 16.4. The molecule has 0 spiro atoms. The van der Waals surface area contributed by atoms with Crippen LogP contribution in [-0.2, 0) is 0 Å². The highest BCUT2D eigenvalue weighted by Gasteiger charge is 2.27. The summed E-state index contributed by atoms with van der Waals surface area (Å²) < 4.78 is 0. The summed E-state index contributed by atoms with van der Waals surface area (Å²) in [6.45, 7) is 7.80. The van der Waals surface area contributed by atoms with Gasteiger partial charge in [0.1, 0.15) is 0 Å². The van der Waals surface area contributed by atoms with Gasteiger partial charge in [0.2, 0.25) is 0 Å². The van der Waals surface area contributed by atoms with Gasteiger partial charge in [-0.1, -0.05) is 44.3 Å². The van der Waals surface area contributed by atoms with Gasteiger partial charge in [0.05, 0.1) is 0 Å². The highest BCUT2D eigenvalue weighted by Crippen LogP contribution is 2.40. The Morgan fingerprint density at radius 3 is 1.64 bits per heavy atom. The monoisotopic (exact) mass is 192 g/mol. The van der Waals surface area contributed by atoms with Gasteiger partial charge in [0, 0.05) is 0 Å². The van der Waals surface area contributed by atoms with Gasteiger partial charge >= 0.3 is 0 Å². The first-order chi connectivity index (χ1) is 6.83. The van der Waals surface area contributed by atoms with Crippen molar-refractivity contribution in [3.8, 4) is 0 Å². The Hall–Kier alpha value is -0.520. The molecular formula is C14H24. The van der Waals surface area contributed by atoms with E-state index >= 15 is 0 Å². The van der Waals surface area contributed by atoms with E-state index in [1.54, 1.807) is 0 Å². The largest absolute Gasteiger partial charge is 0.103 e. The summed E-state index contributed by atoms with van der Waals surface area (Å²) in [5, 5.41) is 0. The van der Waals surface area contributed by atoms with Gasteiger partial charge in [-0.25, -0.2) is 0 Å². The average molecular weight is 192 g/mol. The average Bonchev–Trinajstić information content (AvgIpc) is 2.12. The van der Waals surface area contributed by atoms with Gasteiger partial charge in [-0.05, 0) is 31.1 Å². The first-order valence-electron chi connectivity index (χ1n) is 6.05. The molecule has 14 heavy (non-hydrogen) atoms. The molecule has 1 rings (SSSR count). The van der Waals surface area contributed by atoms with Crippen molar-refractivity contribution in [3.63, 3.8) is 0 Å². The van der Waals surface area contributed by atoms with Crippen LogP contribution in [0.2, 0.25) is 0 Å². The van der Waals surface area contributed by atoms with Crippen molar-refractivity contribution < 1.29 is 0 Å². The molecular weight excluding hydrogens is 168 g/mol. The summed E-state index contributed by atoms with van der Waals surface area (Å²) in [7, 11) is 0. The number of hydrogen-bond donors (Lipinski definition) is 0. The van der Waals surface area contributed by atoms with E-state index in [4.69, 9.17) is 0 Å². The molecule has 0 atom stereocenters. The molecule has 0 bridgehead atoms. The normalized spacial score (nSPS) is 22.0. The van der Waals surface area contributed by atoms with E-state index in [9.17, 15) is 0 Å². The van der Waals surface area contributed by atoms with E-state index in [0.29, 0.717) is 5.41 Å². The lowest BCUT2D eigenvalue weighted by Gasteiger charge is -2.33. The van der Waals surface area contributed by atoms with Crippen LogP contribution in [0.4, 0.5) is 0 Å². The summed E-state index contributed by atoms with van der Waals surface area (Å²) in [6, 6.07) is 0. The molecule has 0 aromatic heterocycles. The zero-order chi connectivity index (χ0) is 10.3. The lowest BCUT2D eigenvalue weighted by atomic mass is 9.71. The highest BCUT2D eigenvalue weighted by atomic mass is 14.3. The Labute approximate surface area is 89.1 Å². The second kappa shape index (κ2) is 6.06. The first kappa shape index (κ1) is 11.6. The molecule has 80 valence electrons. The minimum atomic E-state index is 0.518. The van der Waals surface area contributed by atoms with Crippen molar-refractivity contribution >= 4 is 0 Å². The molecule has 0 aliphatic heterocycles. The van der Waals surface area contributed by atoms with Crippen LogP contribution in [0.15, 0.2) is 25.3 Å². The maximum atomic E-state index is 3.90. The predicted octanol–water partition coefficient (Wildman–Crippen LogP) is 4.87. The van der Waals surface area contributed by atoms with Crippen molar-refractivity contribution in [2.45, 2.75) is 57.8 Å². The summed E-state index contributed by atoms with van der Waals surface area (Å²) in [5.41, 5.74) is 0.518. The molecule has 0 amide bonds. The summed E-state index contributed by atoms with van der Waals surface area (Å²) >= 11 is 0. The fraction of sp³-hybridized carbons (Fsp3) is 0.714. The molecule has 1 fully saturated rings. The van der Waals surface area contributed by atoms with Crippen LogP contribution >= 0.6 is 0 Å². The standard InChI is InChI=1S/C14H24/c1-3-10-14(11-4-2)12-8-6-5-7-9-13-14/h3-4H,1-2,5-13H2. The topological polar surface area (TPSA) is 0 Å². The van der Waals surface area contributed by atoms with Crippen molar-refractivity contribution in [3.05, 3.63) is 25.3 Å². The van der Waals surface area contributed by atoms with Gasteiger partial charge in [-0.3, -0.25) is 0 Å². The third kappa shape index (κ3) is 3.32. The molecule has 0 heterocycles. The van der Waals surface area contributed by atoms with E-state index in [1.807, 2.05) is 0 Å². The molecule has 0 radical (unpaired) electrons. The van der Waals surface area contributed by atoms with Crippen molar-refractivity contribution in [2.75, 3.05) is 0 Å². The van der Waals surface area contributed by atoms with E-state index in [2.05, 4.69) is 25.3 Å². The second-order valence-electron chi connectivity index (χ2n) is 4.75. The number of allylic oxidation sites excluding steroid dienone is 2. The van der Waals surface area contributed by atoms with Crippen molar-refractivity contribution in [1.82, 2.24) is 0 Å². The van der Waals surface area contributed by atoms with E-state index in [1.165, 1.54) is 57.8 Å². The van der Waals surface area contributed by atoms with Gasteiger partial charge in [-0.15, -0.1) is 13.2 Å². The SMILES string of the molecule is C=CCC1(CC=C)CCCCCCC1. The van der Waals surface area contributed by atoms with E-state index in [-0.39, 0.29) is 0 Å². The Bertz CT molecular complexity index is 158. The Morgan fingerprint density at radius 2 is 1.21 bits per heavy atom. The van der Waals surface area contributed by atoms with Crippen LogP contribution in [0.1, 0.15) is 57.8 Å². The predicted molar refractivity (Wildman–Crippen MR) is 64.4 cm³/mol. The quantitative estimate of drug-likeness (QED) is 0.557. The Morgan fingerprint density at radius 1 is 0.786 bits per heavy atom. The fourth-order valence-corrected chi connectivity index (χ4v) is 2.76. The Kier molecular flexibility index (Phi) is 5.00. The molecule has 1 saturated carbocycles. The molecule has 0 N–H and O–H groups in total. The molecule has 1 aliphatic rings. The molecule has 0 aromatic carbocycles. The van der Waals surface area contributed by atoms with Crippen LogP contribution in [0.25, 0.3) is 0 Å². The van der Waals surface area contributed by atoms with Gasteiger partial charge in [0.15, 0.2) is 0 Å². The van der Waals surface area contributed by atoms with Crippen molar-refractivity contribution in [1.29, 1.82) is 0 Å². The van der Waals surface area contributed by atoms with Crippen LogP contribution in [-0.4, -0.2) is 0 Å². The van der Waals surface area contributed by atoms with E-state index < -0.39 is 0 Å². The lowest BCUT2D eigenvalue weighted by molar-refractivity contribution is 0.214. The maximum Gasteiger partial charge on any atom is -0.0229 e. The molecule has 1 aliphatic carbocycles.